The van der Waals surface area contributed by atoms with Crippen LogP contribution in [0.15, 0.2) is 12.1 Å². The molecular weight excluding hydrogens is 256 g/mol. The summed E-state index contributed by atoms with van der Waals surface area (Å²) >= 11 is 0. The van der Waals surface area contributed by atoms with E-state index < -0.39 is 0 Å². The zero-order valence-corrected chi connectivity index (χ0v) is 14.3. The lowest BCUT2D eigenvalue weighted by Gasteiger charge is -2.54. The number of benzene rings is 1. The molecule has 0 aromatic heterocycles. The average Bonchev–Trinajstić information content (AvgIpc) is 2.38. The first-order valence-corrected chi connectivity index (χ1v) is 8.62. The Morgan fingerprint density at radius 2 is 1.86 bits per heavy atom. The fraction of sp³-hybridized carbons (Fsp3) is 0.700. The van der Waals surface area contributed by atoms with Crippen LogP contribution in [-0.2, 0) is 11.8 Å². The van der Waals surface area contributed by atoms with E-state index in [2.05, 4.69) is 46.8 Å². The lowest BCUT2D eigenvalue weighted by molar-refractivity contribution is 0.0402. The summed E-state index contributed by atoms with van der Waals surface area (Å²) < 4.78 is 0. The summed E-state index contributed by atoms with van der Waals surface area (Å²) in [4.78, 5) is 0. The largest absolute Gasteiger partial charge is 0.507 e. The van der Waals surface area contributed by atoms with Gasteiger partial charge in [-0.1, -0.05) is 53.2 Å². The van der Waals surface area contributed by atoms with Crippen LogP contribution in [0, 0.1) is 11.3 Å². The molecule has 0 unspecified atom stereocenters. The van der Waals surface area contributed by atoms with Crippen molar-refractivity contribution in [3.63, 3.8) is 0 Å². The molecule has 21 heavy (non-hydrogen) atoms. The highest BCUT2D eigenvalue weighted by atomic mass is 16.3. The van der Waals surface area contributed by atoms with Crippen LogP contribution in [0.25, 0.3) is 0 Å². The van der Waals surface area contributed by atoms with Crippen LogP contribution in [0.1, 0.15) is 82.9 Å². The van der Waals surface area contributed by atoms with Crippen LogP contribution in [0.4, 0.5) is 0 Å². The van der Waals surface area contributed by atoms with Crippen LogP contribution in [-0.4, -0.2) is 5.11 Å². The second-order valence-electron chi connectivity index (χ2n) is 8.54. The lowest BCUT2D eigenvalue weighted by atomic mass is 9.50. The standard InChI is InChI=1S/C20H30O/c1-13(2)14-7-9-16-15(18(14)21)8-10-17-19(3,4)11-6-12-20(16,17)5/h7,9,13,17,21H,6,8,10-12H2,1-5H3/t17-,20-/m1/s1. The van der Waals surface area contributed by atoms with Crippen molar-refractivity contribution in [3.05, 3.63) is 28.8 Å². The Balaban J connectivity index is 2.13. The van der Waals surface area contributed by atoms with Gasteiger partial charge in [0.25, 0.3) is 0 Å². The number of fused-ring (bicyclic) bond motifs is 3. The van der Waals surface area contributed by atoms with Crippen molar-refractivity contribution < 1.29 is 5.11 Å². The van der Waals surface area contributed by atoms with E-state index >= 15 is 0 Å². The van der Waals surface area contributed by atoms with Crippen LogP contribution < -0.4 is 0 Å². The highest BCUT2D eigenvalue weighted by Crippen LogP contribution is 2.58. The predicted octanol–water partition coefficient (Wildman–Crippen LogP) is 5.55. The monoisotopic (exact) mass is 286 g/mol. The number of phenolic OH excluding ortho intramolecular Hbond substituents is 1. The van der Waals surface area contributed by atoms with Gasteiger partial charge in [-0.3, -0.25) is 0 Å². The van der Waals surface area contributed by atoms with Crippen LogP contribution in [0.3, 0.4) is 0 Å². The van der Waals surface area contributed by atoms with E-state index in [1.807, 2.05) is 0 Å². The molecule has 1 saturated carbocycles. The highest BCUT2D eigenvalue weighted by molar-refractivity contribution is 5.51. The van der Waals surface area contributed by atoms with Crippen molar-refractivity contribution in [1.29, 1.82) is 0 Å². The van der Waals surface area contributed by atoms with E-state index in [9.17, 15) is 5.11 Å². The van der Waals surface area contributed by atoms with E-state index in [0.717, 1.165) is 17.9 Å². The molecule has 2 aliphatic carbocycles. The second kappa shape index (κ2) is 4.76. The third kappa shape index (κ3) is 2.12. The molecule has 1 nitrogen and oxygen atoms in total. The maximum Gasteiger partial charge on any atom is 0.122 e. The zero-order chi connectivity index (χ0) is 15.4. The highest BCUT2D eigenvalue weighted by Gasteiger charge is 2.50. The van der Waals surface area contributed by atoms with E-state index in [0.29, 0.717) is 17.1 Å². The normalized spacial score (nSPS) is 30.9. The number of hydrogen-bond donors (Lipinski definition) is 1. The van der Waals surface area contributed by atoms with Crippen molar-refractivity contribution in [3.8, 4) is 5.75 Å². The summed E-state index contributed by atoms with van der Waals surface area (Å²) in [6.45, 7) is 11.7. The molecule has 0 heterocycles. The third-order valence-electron chi connectivity index (χ3n) is 6.46. The summed E-state index contributed by atoms with van der Waals surface area (Å²) in [6, 6.07) is 4.51. The Bertz CT molecular complexity index is 555. The van der Waals surface area contributed by atoms with Crippen LogP contribution in [0.5, 0.6) is 5.75 Å². The van der Waals surface area contributed by atoms with Gasteiger partial charge in [0.1, 0.15) is 5.75 Å². The van der Waals surface area contributed by atoms with Crippen LogP contribution in [0.2, 0.25) is 0 Å². The molecule has 1 heteroatoms. The molecule has 2 atom stereocenters. The van der Waals surface area contributed by atoms with E-state index in [4.69, 9.17) is 0 Å². The molecule has 3 rings (SSSR count). The van der Waals surface area contributed by atoms with Crippen molar-refractivity contribution >= 4 is 0 Å². The average molecular weight is 286 g/mol. The summed E-state index contributed by atoms with van der Waals surface area (Å²) in [5, 5.41) is 10.7. The SMILES string of the molecule is CC(C)c1ccc2c(c1O)CC[C@@H]1C(C)(C)CCC[C@]21C. The number of aromatic hydroxyl groups is 1. The molecule has 1 fully saturated rings. The Labute approximate surface area is 129 Å². The molecule has 0 spiro atoms. The third-order valence-corrected chi connectivity index (χ3v) is 6.46. The second-order valence-corrected chi connectivity index (χ2v) is 8.54. The summed E-state index contributed by atoms with van der Waals surface area (Å²) in [5.41, 5.74) is 4.48. The first-order valence-electron chi connectivity index (χ1n) is 8.62. The Hall–Kier alpha value is -0.980. The first-order chi connectivity index (χ1) is 9.77. The van der Waals surface area contributed by atoms with Crippen LogP contribution >= 0.6 is 0 Å². The van der Waals surface area contributed by atoms with Gasteiger partial charge < -0.3 is 5.11 Å². The van der Waals surface area contributed by atoms with Gasteiger partial charge in [-0.05, 0) is 65.0 Å². The summed E-state index contributed by atoms with van der Waals surface area (Å²) in [6.07, 6.45) is 6.20. The molecular formula is C20H30O. The lowest BCUT2D eigenvalue weighted by Crippen LogP contribution is -2.47. The fourth-order valence-corrected chi connectivity index (χ4v) is 5.35. The van der Waals surface area contributed by atoms with Crippen molar-refractivity contribution in [2.45, 2.75) is 78.1 Å². The quantitative estimate of drug-likeness (QED) is 0.718. The topological polar surface area (TPSA) is 20.2 Å². The number of rotatable bonds is 1. The molecule has 2 aliphatic rings. The molecule has 0 amide bonds. The Kier molecular flexibility index (Phi) is 3.39. The minimum absolute atomic E-state index is 0.252. The molecule has 116 valence electrons. The van der Waals surface area contributed by atoms with E-state index in [-0.39, 0.29) is 5.41 Å². The van der Waals surface area contributed by atoms with Gasteiger partial charge in [-0.25, -0.2) is 0 Å². The Morgan fingerprint density at radius 3 is 2.52 bits per heavy atom. The van der Waals surface area contributed by atoms with Gasteiger partial charge >= 0.3 is 0 Å². The van der Waals surface area contributed by atoms with Gasteiger partial charge in [-0.15, -0.1) is 0 Å². The van der Waals surface area contributed by atoms with Crippen molar-refractivity contribution in [2.24, 2.45) is 11.3 Å². The van der Waals surface area contributed by atoms with E-state index in [1.54, 1.807) is 0 Å². The van der Waals surface area contributed by atoms with E-state index in [1.165, 1.54) is 36.8 Å². The molecule has 0 saturated heterocycles. The van der Waals surface area contributed by atoms with Crippen molar-refractivity contribution in [1.82, 2.24) is 0 Å². The summed E-state index contributed by atoms with van der Waals surface area (Å²) in [5.74, 6) is 1.73. The maximum absolute atomic E-state index is 10.7. The van der Waals surface area contributed by atoms with Gasteiger partial charge in [0, 0.05) is 0 Å². The minimum atomic E-state index is 0.252. The molecule has 0 radical (unpaired) electrons. The first kappa shape index (κ1) is 14.9. The van der Waals surface area contributed by atoms with Gasteiger partial charge in [-0.2, -0.15) is 0 Å². The number of phenols is 1. The fourth-order valence-electron chi connectivity index (χ4n) is 5.35. The van der Waals surface area contributed by atoms with Gasteiger partial charge in [0.15, 0.2) is 0 Å². The smallest absolute Gasteiger partial charge is 0.122 e. The number of hydrogen-bond acceptors (Lipinski definition) is 1. The summed E-state index contributed by atoms with van der Waals surface area (Å²) in [7, 11) is 0. The van der Waals surface area contributed by atoms with Crippen molar-refractivity contribution in [2.75, 3.05) is 0 Å². The Morgan fingerprint density at radius 1 is 1.14 bits per heavy atom. The van der Waals surface area contributed by atoms with Gasteiger partial charge in [0.05, 0.1) is 0 Å². The maximum atomic E-state index is 10.7. The molecule has 0 aliphatic heterocycles. The zero-order valence-electron chi connectivity index (χ0n) is 14.3. The van der Waals surface area contributed by atoms with Gasteiger partial charge in [0.2, 0.25) is 0 Å². The molecule has 0 bridgehead atoms. The minimum Gasteiger partial charge on any atom is -0.507 e. The predicted molar refractivity (Wildman–Crippen MR) is 89.0 cm³/mol. The molecule has 1 N–H and O–H groups in total. The molecule has 1 aromatic rings. The molecule has 1 aromatic carbocycles.